The lowest BCUT2D eigenvalue weighted by Crippen LogP contribution is -2.22. The van der Waals surface area contributed by atoms with E-state index < -0.39 is 12.2 Å². The quantitative estimate of drug-likeness (QED) is 0.790. The van der Waals surface area contributed by atoms with E-state index >= 15 is 0 Å². The van der Waals surface area contributed by atoms with Gasteiger partial charge in [-0.2, -0.15) is 0 Å². The summed E-state index contributed by atoms with van der Waals surface area (Å²) >= 11 is 3.29. The highest BCUT2D eigenvalue weighted by Gasteiger charge is 2.30. The van der Waals surface area contributed by atoms with Crippen LogP contribution in [0.5, 0.6) is 0 Å². The van der Waals surface area contributed by atoms with Crippen LogP contribution in [0, 0.1) is 0 Å². The monoisotopic (exact) mass is 285 g/mol. The number of anilines is 1. The van der Waals surface area contributed by atoms with Gasteiger partial charge in [0.2, 0.25) is 0 Å². The number of benzene rings is 1. The smallest absolute Gasteiger partial charge is 0.152 e. The van der Waals surface area contributed by atoms with Crippen LogP contribution in [0.1, 0.15) is 10.4 Å². The topological polar surface area (TPSA) is 60.8 Å². The molecule has 1 heterocycles. The summed E-state index contributed by atoms with van der Waals surface area (Å²) in [7, 11) is 0. The number of aliphatic hydroxyl groups excluding tert-OH is 2. The summed E-state index contributed by atoms with van der Waals surface area (Å²) in [4.78, 5) is 12.7. The average Bonchev–Trinajstić information content (AvgIpc) is 2.59. The molecule has 0 spiro atoms. The predicted octanol–water partition coefficient (Wildman–Crippen LogP) is 0.803. The number of β-amino-alcohol motifs (C(OH)–C–C–N with tert-alkyl or cyclic N) is 2. The van der Waals surface area contributed by atoms with Gasteiger partial charge in [0, 0.05) is 28.8 Å². The molecule has 1 aromatic rings. The van der Waals surface area contributed by atoms with E-state index in [1.54, 1.807) is 12.1 Å². The fourth-order valence-electron chi connectivity index (χ4n) is 1.87. The summed E-state index contributed by atoms with van der Waals surface area (Å²) in [6.07, 6.45) is -0.719. The first-order chi connectivity index (χ1) is 7.61. The molecule has 2 atom stereocenters. The summed E-state index contributed by atoms with van der Waals surface area (Å²) in [5.41, 5.74) is 1.30. The second-order valence-corrected chi connectivity index (χ2v) is 4.78. The minimum absolute atomic E-state index is 0.351. The number of nitrogens with zero attached hydrogens (tertiary/aromatic N) is 1. The van der Waals surface area contributed by atoms with Crippen molar-refractivity contribution in [3.8, 4) is 0 Å². The van der Waals surface area contributed by atoms with Gasteiger partial charge >= 0.3 is 0 Å². The van der Waals surface area contributed by atoms with Crippen molar-refractivity contribution < 1.29 is 15.0 Å². The van der Waals surface area contributed by atoms with Crippen molar-refractivity contribution in [2.45, 2.75) is 12.2 Å². The van der Waals surface area contributed by atoms with Crippen molar-refractivity contribution in [1.82, 2.24) is 0 Å². The first kappa shape index (κ1) is 11.6. The van der Waals surface area contributed by atoms with Crippen molar-refractivity contribution >= 4 is 27.9 Å². The highest BCUT2D eigenvalue weighted by atomic mass is 79.9. The van der Waals surface area contributed by atoms with Crippen LogP contribution in [0.3, 0.4) is 0 Å². The van der Waals surface area contributed by atoms with E-state index in [0.717, 1.165) is 16.4 Å². The second-order valence-electron chi connectivity index (χ2n) is 3.86. The maximum absolute atomic E-state index is 10.9. The molecule has 86 valence electrons. The Labute approximate surface area is 102 Å². The van der Waals surface area contributed by atoms with Crippen molar-refractivity contribution in [3.05, 3.63) is 28.2 Å². The highest BCUT2D eigenvalue weighted by Crippen LogP contribution is 2.26. The fraction of sp³-hybridized carbons (Fsp3) is 0.364. The van der Waals surface area contributed by atoms with E-state index in [4.69, 9.17) is 0 Å². The van der Waals surface area contributed by atoms with Crippen LogP contribution in [0.15, 0.2) is 22.7 Å². The lowest BCUT2D eigenvalue weighted by Gasteiger charge is -2.19. The molecule has 0 aliphatic carbocycles. The van der Waals surface area contributed by atoms with Crippen molar-refractivity contribution in [2.24, 2.45) is 0 Å². The van der Waals surface area contributed by atoms with Gasteiger partial charge < -0.3 is 15.1 Å². The molecule has 2 rings (SSSR count). The molecule has 5 heteroatoms. The third-order valence-electron chi connectivity index (χ3n) is 2.72. The third-order valence-corrected chi connectivity index (χ3v) is 3.21. The molecule has 2 N–H and O–H groups in total. The van der Waals surface area contributed by atoms with E-state index in [0.29, 0.717) is 18.7 Å². The summed E-state index contributed by atoms with van der Waals surface area (Å²) in [6, 6.07) is 5.36. The number of hydrogen-bond donors (Lipinski definition) is 2. The third kappa shape index (κ3) is 2.11. The molecule has 2 unspecified atom stereocenters. The van der Waals surface area contributed by atoms with Gasteiger partial charge in [-0.15, -0.1) is 0 Å². The minimum atomic E-state index is -0.747. The molecule has 0 bridgehead atoms. The van der Waals surface area contributed by atoms with Gasteiger partial charge in [-0.1, -0.05) is 15.9 Å². The Morgan fingerprint density at radius 2 is 1.94 bits per heavy atom. The molecule has 0 aromatic heterocycles. The van der Waals surface area contributed by atoms with Crippen LogP contribution in [-0.2, 0) is 0 Å². The molecule has 4 nitrogen and oxygen atoms in total. The summed E-state index contributed by atoms with van der Waals surface area (Å²) in [5.74, 6) is 0. The Bertz CT molecular complexity index is 400. The van der Waals surface area contributed by atoms with Crippen molar-refractivity contribution in [1.29, 1.82) is 0 Å². The maximum Gasteiger partial charge on any atom is 0.152 e. The molecule has 1 aliphatic heterocycles. The van der Waals surface area contributed by atoms with Gasteiger partial charge in [0.15, 0.2) is 6.29 Å². The fourth-order valence-corrected chi connectivity index (χ4v) is 2.25. The zero-order chi connectivity index (χ0) is 11.7. The number of aliphatic hydroxyl groups is 2. The standard InChI is InChI=1S/C11H12BrNO3/c12-8-1-2-9(7(3-8)6-14)13-4-10(15)11(16)5-13/h1-3,6,10-11,15-16H,4-5H2. The van der Waals surface area contributed by atoms with E-state index in [9.17, 15) is 15.0 Å². The molecular formula is C11H12BrNO3. The molecule has 0 amide bonds. The van der Waals surface area contributed by atoms with E-state index in [1.807, 2.05) is 11.0 Å². The van der Waals surface area contributed by atoms with Gasteiger partial charge in [-0.05, 0) is 18.2 Å². The molecule has 1 saturated heterocycles. The Morgan fingerprint density at radius 1 is 1.31 bits per heavy atom. The lowest BCUT2D eigenvalue weighted by atomic mass is 10.2. The molecule has 1 aliphatic rings. The highest BCUT2D eigenvalue weighted by molar-refractivity contribution is 9.10. The zero-order valence-corrected chi connectivity index (χ0v) is 10.1. The van der Waals surface area contributed by atoms with Gasteiger partial charge in [-0.3, -0.25) is 4.79 Å². The number of hydrogen-bond acceptors (Lipinski definition) is 4. The Balaban J connectivity index is 2.30. The van der Waals surface area contributed by atoms with E-state index in [-0.39, 0.29) is 0 Å². The molecule has 1 fully saturated rings. The largest absolute Gasteiger partial charge is 0.389 e. The summed E-state index contributed by atoms with van der Waals surface area (Å²) in [5, 5.41) is 18.9. The van der Waals surface area contributed by atoms with Crippen LogP contribution in [0.25, 0.3) is 0 Å². The normalized spacial score (nSPS) is 24.8. The Kier molecular flexibility index (Phi) is 3.28. The lowest BCUT2D eigenvalue weighted by molar-refractivity contribution is 0.0572. The number of rotatable bonds is 2. The second kappa shape index (κ2) is 4.53. The van der Waals surface area contributed by atoms with Crippen LogP contribution in [-0.4, -0.2) is 41.8 Å². The first-order valence-electron chi connectivity index (χ1n) is 4.97. The molecule has 16 heavy (non-hydrogen) atoms. The first-order valence-corrected chi connectivity index (χ1v) is 5.77. The van der Waals surface area contributed by atoms with Gasteiger partial charge in [0.05, 0.1) is 12.2 Å². The minimum Gasteiger partial charge on any atom is -0.389 e. The van der Waals surface area contributed by atoms with Crippen molar-refractivity contribution in [2.75, 3.05) is 18.0 Å². The average molecular weight is 286 g/mol. The SMILES string of the molecule is O=Cc1cc(Br)ccc1N1CC(O)C(O)C1. The Hall–Kier alpha value is -0.910. The van der Waals surface area contributed by atoms with Gasteiger partial charge in [0.25, 0.3) is 0 Å². The van der Waals surface area contributed by atoms with Gasteiger partial charge in [0.1, 0.15) is 0 Å². The molecule has 0 saturated carbocycles. The van der Waals surface area contributed by atoms with Crippen molar-refractivity contribution in [3.63, 3.8) is 0 Å². The summed E-state index contributed by atoms with van der Waals surface area (Å²) < 4.78 is 0.832. The van der Waals surface area contributed by atoms with Gasteiger partial charge in [-0.25, -0.2) is 0 Å². The maximum atomic E-state index is 10.9. The molecule has 1 aromatic carbocycles. The van der Waals surface area contributed by atoms with Crippen LogP contribution >= 0.6 is 15.9 Å². The van der Waals surface area contributed by atoms with Crippen LogP contribution in [0.4, 0.5) is 5.69 Å². The number of carbonyl (C=O) groups is 1. The molecular weight excluding hydrogens is 274 g/mol. The Morgan fingerprint density at radius 3 is 2.50 bits per heavy atom. The zero-order valence-electron chi connectivity index (χ0n) is 8.51. The number of carbonyl (C=O) groups excluding carboxylic acids is 1. The van der Waals surface area contributed by atoms with Crippen LogP contribution in [0.2, 0.25) is 0 Å². The number of aldehydes is 1. The van der Waals surface area contributed by atoms with Crippen LogP contribution < -0.4 is 4.90 Å². The van der Waals surface area contributed by atoms with E-state index in [1.165, 1.54) is 0 Å². The van der Waals surface area contributed by atoms with E-state index in [2.05, 4.69) is 15.9 Å². The summed E-state index contributed by atoms with van der Waals surface area (Å²) in [6.45, 7) is 0.702. The molecule has 0 radical (unpaired) electrons. The predicted molar refractivity (Wildman–Crippen MR) is 63.8 cm³/mol. The number of halogens is 1.